The van der Waals surface area contributed by atoms with Gasteiger partial charge in [-0.3, -0.25) is 4.21 Å². The second-order valence-electron chi connectivity index (χ2n) is 4.00. The molecule has 0 aliphatic carbocycles. The van der Waals surface area contributed by atoms with Crippen molar-refractivity contribution in [2.75, 3.05) is 11.5 Å². The van der Waals surface area contributed by atoms with Gasteiger partial charge in [0.2, 0.25) is 0 Å². The van der Waals surface area contributed by atoms with Crippen LogP contribution < -0.4 is 0 Å². The maximum absolute atomic E-state index is 13.6. The van der Waals surface area contributed by atoms with Gasteiger partial charge in [-0.25, -0.2) is 9.37 Å². The van der Waals surface area contributed by atoms with Gasteiger partial charge in [0, 0.05) is 34.9 Å². The van der Waals surface area contributed by atoms with Crippen molar-refractivity contribution in [3.8, 4) is 0 Å². The summed E-state index contributed by atoms with van der Waals surface area (Å²) in [6, 6.07) is 3.06. The molecule has 2 aromatic rings. The number of hydrogen-bond acceptors (Lipinski definition) is 2. The van der Waals surface area contributed by atoms with Crippen molar-refractivity contribution in [3.63, 3.8) is 0 Å². The van der Waals surface area contributed by atoms with E-state index >= 15 is 0 Å². The van der Waals surface area contributed by atoms with Crippen LogP contribution in [0.15, 0.2) is 16.6 Å². The summed E-state index contributed by atoms with van der Waals surface area (Å²) in [5.74, 6) is 1.70. The predicted molar refractivity (Wildman–Crippen MR) is 80.5 cm³/mol. The Labute approximate surface area is 126 Å². The minimum absolute atomic E-state index is 0.243. The van der Waals surface area contributed by atoms with Crippen molar-refractivity contribution in [1.29, 1.82) is 0 Å². The zero-order valence-corrected chi connectivity index (χ0v) is 13.5. The number of nitrogens with zero attached hydrogens (tertiary/aromatic N) is 2. The minimum atomic E-state index is -0.869. The first-order valence-corrected chi connectivity index (χ1v) is 8.63. The number of rotatable bonds is 5. The van der Waals surface area contributed by atoms with Crippen LogP contribution in [0.5, 0.6) is 0 Å². The Hall–Kier alpha value is -0.460. The number of imidazole rings is 1. The maximum atomic E-state index is 13.6. The molecule has 2 rings (SSSR count). The standard InChI is InChI=1S/C12H13BrClFN2OS/c1-2-19(18)4-3-17-11-6-9(15)8(13)5-10(11)16-12(17)7-14/h5-6H,2-4,7H2,1H3. The monoisotopic (exact) mass is 366 g/mol. The van der Waals surface area contributed by atoms with Crippen LogP contribution in [0.3, 0.4) is 0 Å². The normalized spacial score (nSPS) is 13.1. The number of hydrogen-bond donors (Lipinski definition) is 0. The molecule has 1 heterocycles. The Kier molecular flexibility index (Phi) is 4.97. The third-order valence-electron chi connectivity index (χ3n) is 2.85. The second kappa shape index (κ2) is 6.33. The summed E-state index contributed by atoms with van der Waals surface area (Å²) in [6.07, 6.45) is 0. The van der Waals surface area contributed by atoms with Gasteiger partial charge in [0.05, 0.1) is 21.4 Å². The molecule has 0 aliphatic heterocycles. The summed E-state index contributed by atoms with van der Waals surface area (Å²) in [6.45, 7) is 2.40. The molecule has 0 spiro atoms. The van der Waals surface area contributed by atoms with E-state index in [-0.39, 0.29) is 11.7 Å². The molecule has 1 aromatic heterocycles. The number of alkyl halides is 1. The highest BCUT2D eigenvalue weighted by Crippen LogP contribution is 2.24. The Morgan fingerprint density at radius 2 is 2.26 bits per heavy atom. The fourth-order valence-corrected chi connectivity index (χ4v) is 3.07. The third kappa shape index (κ3) is 3.17. The van der Waals surface area contributed by atoms with Gasteiger partial charge < -0.3 is 4.57 Å². The van der Waals surface area contributed by atoms with Crippen molar-refractivity contribution in [2.45, 2.75) is 19.3 Å². The molecule has 0 saturated heterocycles. The molecule has 104 valence electrons. The second-order valence-corrected chi connectivity index (χ2v) is 6.99. The number of fused-ring (bicyclic) bond motifs is 1. The average Bonchev–Trinajstić information content (AvgIpc) is 2.73. The fourth-order valence-electron chi connectivity index (χ4n) is 1.86. The van der Waals surface area contributed by atoms with E-state index in [4.69, 9.17) is 11.6 Å². The van der Waals surface area contributed by atoms with Gasteiger partial charge in [-0.15, -0.1) is 11.6 Å². The first kappa shape index (κ1) is 14.9. The Balaban J connectivity index is 2.44. The molecule has 0 radical (unpaired) electrons. The third-order valence-corrected chi connectivity index (χ3v) is 4.98. The molecular weight excluding hydrogens is 355 g/mol. The quantitative estimate of drug-likeness (QED) is 0.759. The molecule has 1 atom stereocenters. The largest absolute Gasteiger partial charge is 0.326 e. The van der Waals surface area contributed by atoms with Crippen LogP contribution in [0.25, 0.3) is 11.0 Å². The van der Waals surface area contributed by atoms with E-state index in [1.807, 2.05) is 11.5 Å². The van der Waals surface area contributed by atoms with E-state index in [0.717, 1.165) is 0 Å². The molecule has 1 unspecified atom stereocenters. The van der Waals surface area contributed by atoms with E-state index in [9.17, 15) is 8.60 Å². The smallest absolute Gasteiger partial charge is 0.139 e. The fraction of sp³-hybridized carbons (Fsp3) is 0.417. The van der Waals surface area contributed by atoms with Gasteiger partial charge in [0.1, 0.15) is 11.6 Å². The molecule has 3 nitrogen and oxygen atoms in total. The highest BCUT2D eigenvalue weighted by atomic mass is 79.9. The van der Waals surface area contributed by atoms with E-state index < -0.39 is 10.8 Å². The van der Waals surface area contributed by atoms with Crippen LogP contribution >= 0.6 is 27.5 Å². The number of aryl methyl sites for hydroxylation is 1. The van der Waals surface area contributed by atoms with Gasteiger partial charge >= 0.3 is 0 Å². The predicted octanol–water partition coefficient (Wildman–Crippen LogP) is 3.45. The van der Waals surface area contributed by atoms with E-state index in [1.165, 1.54) is 6.07 Å². The molecule has 0 saturated carbocycles. The van der Waals surface area contributed by atoms with Crippen molar-refractivity contribution in [3.05, 3.63) is 28.2 Å². The summed E-state index contributed by atoms with van der Waals surface area (Å²) >= 11 is 9.01. The molecule has 1 aromatic carbocycles. The van der Waals surface area contributed by atoms with Gasteiger partial charge in [0.25, 0.3) is 0 Å². The SMILES string of the molecule is CCS(=O)CCn1c(CCl)nc2cc(Br)c(F)cc21. The van der Waals surface area contributed by atoms with Gasteiger partial charge in [0.15, 0.2) is 0 Å². The zero-order chi connectivity index (χ0) is 14.0. The number of aromatic nitrogens is 2. The van der Waals surface area contributed by atoms with Crippen LogP contribution in [-0.2, 0) is 23.2 Å². The van der Waals surface area contributed by atoms with Crippen LogP contribution in [-0.4, -0.2) is 25.3 Å². The van der Waals surface area contributed by atoms with Crippen LogP contribution in [0, 0.1) is 5.82 Å². The summed E-state index contributed by atoms with van der Waals surface area (Å²) < 4.78 is 27.4. The lowest BCUT2D eigenvalue weighted by Crippen LogP contribution is -2.11. The first-order chi connectivity index (χ1) is 9.06. The van der Waals surface area contributed by atoms with Crippen molar-refractivity contribution < 1.29 is 8.60 Å². The van der Waals surface area contributed by atoms with E-state index in [2.05, 4.69) is 20.9 Å². The molecule has 0 amide bonds. The maximum Gasteiger partial charge on any atom is 0.139 e. The molecule has 7 heteroatoms. The Morgan fingerprint density at radius 1 is 1.53 bits per heavy atom. The minimum Gasteiger partial charge on any atom is -0.326 e. The highest BCUT2D eigenvalue weighted by molar-refractivity contribution is 9.10. The number of benzene rings is 1. The van der Waals surface area contributed by atoms with E-state index in [0.29, 0.717) is 39.4 Å². The van der Waals surface area contributed by atoms with E-state index in [1.54, 1.807) is 6.07 Å². The van der Waals surface area contributed by atoms with Gasteiger partial charge in [-0.05, 0) is 22.0 Å². The highest BCUT2D eigenvalue weighted by Gasteiger charge is 2.13. The van der Waals surface area contributed by atoms with Crippen LogP contribution in [0.2, 0.25) is 0 Å². The lowest BCUT2D eigenvalue weighted by Gasteiger charge is -2.07. The summed E-state index contributed by atoms with van der Waals surface area (Å²) in [4.78, 5) is 4.37. The average molecular weight is 368 g/mol. The zero-order valence-electron chi connectivity index (χ0n) is 10.3. The first-order valence-electron chi connectivity index (χ1n) is 5.82. The summed E-state index contributed by atoms with van der Waals surface area (Å²) in [5, 5.41) is 0. The lowest BCUT2D eigenvalue weighted by molar-refractivity contribution is 0.621. The van der Waals surface area contributed by atoms with Gasteiger partial charge in [-0.1, -0.05) is 6.92 Å². The van der Waals surface area contributed by atoms with Gasteiger partial charge in [-0.2, -0.15) is 0 Å². The molecular formula is C12H13BrClFN2OS. The molecule has 0 fully saturated rings. The van der Waals surface area contributed by atoms with Crippen molar-refractivity contribution in [2.24, 2.45) is 0 Å². The molecule has 0 bridgehead atoms. The lowest BCUT2D eigenvalue weighted by atomic mass is 10.3. The molecule has 0 aliphatic rings. The van der Waals surface area contributed by atoms with Crippen molar-refractivity contribution >= 4 is 49.4 Å². The summed E-state index contributed by atoms with van der Waals surface area (Å²) in [7, 11) is -0.869. The van der Waals surface area contributed by atoms with Crippen LogP contribution in [0.1, 0.15) is 12.7 Å². The molecule has 19 heavy (non-hydrogen) atoms. The van der Waals surface area contributed by atoms with Crippen LogP contribution in [0.4, 0.5) is 4.39 Å². The Morgan fingerprint density at radius 3 is 2.89 bits per heavy atom. The topological polar surface area (TPSA) is 34.9 Å². The summed E-state index contributed by atoms with van der Waals surface area (Å²) in [5.41, 5.74) is 1.37. The Bertz CT molecular complexity index is 632. The molecule has 0 N–H and O–H groups in total. The number of halogens is 3. The van der Waals surface area contributed by atoms with Crippen molar-refractivity contribution in [1.82, 2.24) is 9.55 Å².